The van der Waals surface area contributed by atoms with Crippen LogP contribution in [-0.4, -0.2) is 40.9 Å². The lowest BCUT2D eigenvalue weighted by Gasteiger charge is -2.18. The molecule has 3 rings (SSSR count). The zero-order chi connectivity index (χ0) is 16.4. The third-order valence-electron chi connectivity index (χ3n) is 3.24. The van der Waals surface area contributed by atoms with Crippen LogP contribution in [0.1, 0.15) is 10.4 Å². The smallest absolute Gasteiger partial charge is 0.207 e. The molecule has 23 heavy (non-hydrogen) atoms. The van der Waals surface area contributed by atoms with Gasteiger partial charge in [-0.25, -0.2) is 0 Å². The van der Waals surface area contributed by atoms with Gasteiger partial charge in [-0.1, -0.05) is 0 Å². The van der Waals surface area contributed by atoms with Crippen molar-refractivity contribution in [3.05, 3.63) is 35.9 Å². The Bertz CT molecular complexity index is 731. The van der Waals surface area contributed by atoms with E-state index in [9.17, 15) is 20.1 Å². The summed E-state index contributed by atoms with van der Waals surface area (Å²) in [5.74, 6) is -0.489. The number of hydrogen-bond donors (Lipinski definition) is 3. The van der Waals surface area contributed by atoms with E-state index in [1.165, 1.54) is 0 Å². The monoisotopic (exact) mass is 318 g/mol. The summed E-state index contributed by atoms with van der Waals surface area (Å²) < 4.78 is 16.1. The standard InChI is InChI=1S/C16H14O7/c17-9-5-11(18)16(12(19)6-9)13(20)8-23-10-1-2-14-15(7-10)22-4-3-21-14/h1-2,5-7,17-19H,3-4,8H2. The Morgan fingerprint density at radius 2 is 1.65 bits per heavy atom. The molecule has 0 spiro atoms. The van der Waals surface area contributed by atoms with E-state index in [0.717, 1.165) is 12.1 Å². The lowest BCUT2D eigenvalue weighted by Crippen LogP contribution is -2.16. The molecule has 0 bridgehead atoms. The number of ether oxygens (including phenoxy) is 3. The van der Waals surface area contributed by atoms with Gasteiger partial charge in [0.15, 0.2) is 18.1 Å². The number of phenols is 3. The van der Waals surface area contributed by atoms with Crippen LogP contribution in [0.15, 0.2) is 30.3 Å². The summed E-state index contributed by atoms with van der Waals surface area (Å²) >= 11 is 0. The minimum absolute atomic E-state index is 0.305. The molecule has 1 aliphatic rings. The maximum absolute atomic E-state index is 12.1. The molecule has 7 nitrogen and oxygen atoms in total. The van der Waals surface area contributed by atoms with E-state index in [1.54, 1.807) is 18.2 Å². The maximum atomic E-state index is 12.1. The maximum Gasteiger partial charge on any atom is 0.207 e. The number of fused-ring (bicyclic) bond motifs is 1. The van der Waals surface area contributed by atoms with Crippen LogP contribution in [-0.2, 0) is 0 Å². The fourth-order valence-corrected chi connectivity index (χ4v) is 2.22. The molecule has 0 saturated carbocycles. The van der Waals surface area contributed by atoms with Crippen LogP contribution >= 0.6 is 0 Å². The molecule has 0 unspecified atom stereocenters. The van der Waals surface area contributed by atoms with Crippen molar-refractivity contribution in [2.45, 2.75) is 0 Å². The SMILES string of the molecule is O=C(COc1ccc2c(c1)OCCO2)c1c(O)cc(O)cc1O. The number of Topliss-reactive ketones (excluding diaryl/α,β-unsaturated/α-hetero) is 1. The molecular weight excluding hydrogens is 304 g/mol. The Hall–Kier alpha value is -3.09. The van der Waals surface area contributed by atoms with Crippen LogP contribution in [0.5, 0.6) is 34.5 Å². The van der Waals surface area contributed by atoms with E-state index in [4.69, 9.17) is 14.2 Å². The Kier molecular flexibility index (Phi) is 3.84. The van der Waals surface area contributed by atoms with Gasteiger partial charge in [0.1, 0.15) is 41.8 Å². The molecule has 0 saturated heterocycles. The van der Waals surface area contributed by atoms with Gasteiger partial charge in [-0.3, -0.25) is 4.79 Å². The third kappa shape index (κ3) is 3.08. The first kappa shape index (κ1) is 14.8. The van der Waals surface area contributed by atoms with Crippen LogP contribution in [0, 0.1) is 0 Å². The van der Waals surface area contributed by atoms with Gasteiger partial charge in [0, 0.05) is 18.2 Å². The first-order valence-corrected chi connectivity index (χ1v) is 6.85. The second kappa shape index (κ2) is 5.96. The van der Waals surface area contributed by atoms with Crippen molar-refractivity contribution in [2.24, 2.45) is 0 Å². The van der Waals surface area contributed by atoms with Crippen molar-refractivity contribution >= 4 is 5.78 Å². The highest BCUT2D eigenvalue weighted by atomic mass is 16.6. The van der Waals surface area contributed by atoms with Gasteiger partial charge < -0.3 is 29.5 Å². The minimum Gasteiger partial charge on any atom is -0.508 e. The predicted octanol–water partition coefficient (Wildman–Crippen LogP) is 1.84. The summed E-state index contributed by atoms with van der Waals surface area (Å²) in [4.78, 5) is 12.1. The average Bonchev–Trinajstić information content (AvgIpc) is 2.51. The molecule has 0 aromatic heterocycles. The molecule has 3 N–H and O–H groups in total. The molecule has 0 aliphatic carbocycles. The van der Waals surface area contributed by atoms with E-state index in [2.05, 4.69) is 0 Å². The van der Waals surface area contributed by atoms with Gasteiger partial charge in [-0.05, 0) is 12.1 Å². The molecule has 120 valence electrons. The molecule has 1 aliphatic heterocycles. The topological polar surface area (TPSA) is 105 Å². The molecule has 0 amide bonds. The van der Waals surface area contributed by atoms with E-state index >= 15 is 0 Å². The summed E-state index contributed by atoms with van der Waals surface area (Å²) in [6.45, 7) is 0.515. The van der Waals surface area contributed by atoms with Gasteiger partial charge in [0.2, 0.25) is 5.78 Å². The highest BCUT2D eigenvalue weighted by Crippen LogP contribution is 2.34. The van der Waals surface area contributed by atoms with Crippen molar-refractivity contribution in [2.75, 3.05) is 19.8 Å². The molecule has 2 aromatic carbocycles. The molecule has 2 aromatic rings. The van der Waals surface area contributed by atoms with Crippen LogP contribution in [0.2, 0.25) is 0 Å². The van der Waals surface area contributed by atoms with Crippen molar-refractivity contribution in [1.82, 2.24) is 0 Å². The molecule has 0 fully saturated rings. The molecule has 0 radical (unpaired) electrons. The van der Waals surface area contributed by atoms with Crippen molar-refractivity contribution in [3.8, 4) is 34.5 Å². The first-order chi connectivity index (χ1) is 11.0. The normalized spacial score (nSPS) is 12.7. The fraction of sp³-hybridized carbons (Fsp3) is 0.188. The molecule has 0 atom stereocenters. The quantitative estimate of drug-likeness (QED) is 0.739. The summed E-state index contributed by atoms with van der Waals surface area (Å²) in [6.07, 6.45) is 0. The fourth-order valence-electron chi connectivity index (χ4n) is 2.22. The molecule has 7 heteroatoms. The third-order valence-corrected chi connectivity index (χ3v) is 3.24. The van der Waals surface area contributed by atoms with Gasteiger partial charge in [0.05, 0.1) is 0 Å². The first-order valence-electron chi connectivity index (χ1n) is 6.85. The van der Waals surface area contributed by atoms with Crippen LogP contribution < -0.4 is 14.2 Å². The summed E-state index contributed by atoms with van der Waals surface area (Å²) in [5.41, 5.74) is -0.305. The highest BCUT2D eigenvalue weighted by molar-refractivity contribution is 6.02. The summed E-state index contributed by atoms with van der Waals surface area (Å²) in [5, 5.41) is 28.6. The van der Waals surface area contributed by atoms with Gasteiger partial charge in [0.25, 0.3) is 0 Å². The summed E-state index contributed by atoms with van der Waals surface area (Å²) in [7, 11) is 0. The Labute approximate surface area is 131 Å². The summed E-state index contributed by atoms with van der Waals surface area (Å²) in [6, 6.07) is 6.83. The van der Waals surface area contributed by atoms with Gasteiger partial charge >= 0.3 is 0 Å². The Morgan fingerprint density at radius 3 is 2.35 bits per heavy atom. The average molecular weight is 318 g/mol. The molecule has 1 heterocycles. The van der Waals surface area contributed by atoms with Crippen LogP contribution in [0.3, 0.4) is 0 Å². The highest BCUT2D eigenvalue weighted by Gasteiger charge is 2.19. The van der Waals surface area contributed by atoms with E-state index in [1.807, 2.05) is 0 Å². The number of ketones is 1. The number of benzene rings is 2. The zero-order valence-corrected chi connectivity index (χ0v) is 12.0. The van der Waals surface area contributed by atoms with Gasteiger partial charge in [-0.15, -0.1) is 0 Å². The predicted molar refractivity (Wildman–Crippen MR) is 78.7 cm³/mol. The minimum atomic E-state index is -0.630. The van der Waals surface area contributed by atoms with Crippen LogP contribution in [0.4, 0.5) is 0 Å². The van der Waals surface area contributed by atoms with E-state index in [-0.39, 0.29) is 11.3 Å². The van der Waals surface area contributed by atoms with Gasteiger partial charge in [-0.2, -0.15) is 0 Å². The van der Waals surface area contributed by atoms with Crippen molar-refractivity contribution in [1.29, 1.82) is 0 Å². The number of phenolic OH excluding ortho intramolecular Hbond substituents is 3. The number of aromatic hydroxyl groups is 3. The van der Waals surface area contributed by atoms with E-state index < -0.39 is 23.9 Å². The second-order valence-corrected chi connectivity index (χ2v) is 4.88. The number of hydrogen-bond acceptors (Lipinski definition) is 7. The van der Waals surface area contributed by atoms with Crippen molar-refractivity contribution in [3.63, 3.8) is 0 Å². The Balaban J connectivity index is 1.72. The second-order valence-electron chi connectivity index (χ2n) is 4.88. The largest absolute Gasteiger partial charge is 0.508 e. The van der Waals surface area contributed by atoms with Crippen LogP contribution in [0.25, 0.3) is 0 Å². The van der Waals surface area contributed by atoms with E-state index in [0.29, 0.717) is 30.5 Å². The van der Waals surface area contributed by atoms with Crippen molar-refractivity contribution < 1.29 is 34.3 Å². The number of carbonyl (C=O) groups is 1. The molecular formula is C16H14O7. The zero-order valence-electron chi connectivity index (χ0n) is 12.0. The number of carbonyl (C=O) groups excluding carboxylic acids is 1. The lowest BCUT2D eigenvalue weighted by atomic mass is 10.1. The Morgan fingerprint density at radius 1 is 1.00 bits per heavy atom. The number of rotatable bonds is 4. The lowest BCUT2D eigenvalue weighted by molar-refractivity contribution is 0.0915.